The number of hydrogen-bond acceptors (Lipinski definition) is 1. The molecule has 0 aliphatic carbocycles. The average Bonchev–Trinajstić information content (AvgIpc) is 1.66. The molecule has 0 spiro atoms. The van der Waals surface area contributed by atoms with Crippen molar-refractivity contribution in [3.05, 3.63) is 0 Å². The number of carbonyl (C=O) groups is 1. The summed E-state index contributed by atoms with van der Waals surface area (Å²) in [5.74, 6) is -0.182. The van der Waals surface area contributed by atoms with Crippen LogP contribution in [-0.2, 0) is 4.79 Å². The fourth-order valence-corrected chi connectivity index (χ4v) is 0.549. The van der Waals surface area contributed by atoms with Crippen molar-refractivity contribution in [1.29, 1.82) is 0 Å². The first kappa shape index (κ1) is 11.8. The van der Waals surface area contributed by atoms with E-state index in [0.717, 1.165) is 19.3 Å². The molecule has 0 aliphatic heterocycles. The number of unbranched alkanes of at least 4 members (excludes halogenated alkanes) is 2. The molecular weight excluding hydrogens is 109 g/mol. The Kier molecular flexibility index (Phi) is 10.6. The Balaban J connectivity index is 0. The zero-order valence-corrected chi connectivity index (χ0v) is 5.31. The Labute approximate surface area is 68.4 Å². The summed E-state index contributed by atoms with van der Waals surface area (Å²) in [4.78, 5) is 10.1. The van der Waals surface area contributed by atoms with Gasteiger partial charge in [0.1, 0.15) is 0 Å². The number of rotatable bonds is 4. The summed E-state index contributed by atoms with van der Waals surface area (Å²) in [7, 11) is 0. The number of hydrogen-bond donors (Lipinski definition) is 1. The topological polar surface area (TPSA) is 43.1 Å². The van der Waals surface area contributed by atoms with Gasteiger partial charge in [0.05, 0.1) is 0 Å². The van der Waals surface area contributed by atoms with Crippen molar-refractivity contribution < 1.29 is 4.79 Å². The van der Waals surface area contributed by atoms with Crippen LogP contribution in [0.2, 0.25) is 0 Å². The molecule has 50 valence electrons. The van der Waals surface area contributed by atoms with Crippen molar-refractivity contribution in [2.24, 2.45) is 5.73 Å². The molecule has 1 amide bonds. The third kappa shape index (κ3) is 11.6. The van der Waals surface area contributed by atoms with Crippen LogP contribution in [0.1, 0.15) is 32.6 Å². The van der Waals surface area contributed by atoms with E-state index in [1.165, 1.54) is 0 Å². The molecule has 0 unspecified atom stereocenters. The van der Waals surface area contributed by atoms with Gasteiger partial charge >= 0.3 is 18.9 Å². The van der Waals surface area contributed by atoms with Crippen LogP contribution >= 0.6 is 0 Å². The van der Waals surface area contributed by atoms with E-state index in [-0.39, 0.29) is 24.8 Å². The van der Waals surface area contributed by atoms with Crippen LogP contribution in [-0.4, -0.2) is 24.8 Å². The molecule has 9 heavy (non-hydrogen) atoms. The van der Waals surface area contributed by atoms with E-state index in [9.17, 15) is 4.79 Å². The Hall–Kier alpha value is 0.0674. The van der Waals surface area contributed by atoms with Gasteiger partial charge in [-0.2, -0.15) is 0 Å². The number of primary amides is 1. The molecule has 3 heteroatoms. The van der Waals surface area contributed by atoms with Crippen molar-refractivity contribution >= 4 is 24.8 Å². The van der Waals surface area contributed by atoms with E-state index < -0.39 is 0 Å². The predicted molar refractivity (Wildman–Crippen MR) is 40.5 cm³/mol. The monoisotopic (exact) mass is 123 g/mol. The van der Waals surface area contributed by atoms with E-state index >= 15 is 0 Å². The first-order valence-corrected chi connectivity index (χ1v) is 3.05. The Morgan fingerprint density at radius 2 is 2.00 bits per heavy atom. The zero-order valence-electron chi connectivity index (χ0n) is 5.31. The van der Waals surface area contributed by atoms with Gasteiger partial charge in [-0.3, -0.25) is 4.79 Å². The first-order valence-electron chi connectivity index (χ1n) is 3.05. The molecule has 0 radical (unpaired) electrons. The van der Waals surface area contributed by atoms with E-state index in [0.29, 0.717) is 6.42 Å². The molecule has 2 N–H and O–H groups in total. The molecule has 0 rings (SSSR count). The molecule has 0 bridgehead atoms. The maximum atomic E-state index is 10.1. The van der Waals surface area contributed by atoms with Gasteiger partial charge in [0.25, 0.3) is 0 Å². The molecule has 0 saturated carbocycles. The van der Waals surface area contributed by atoms with E-state index in [1.54, 1.807) is 0 Å². The average molecular weight is 123 g/mol. The second-order valence-corrected chi connectivity index (χ2v) is 1.92. The van der Waals surface area contributed by atoms with Crippen LogP contribution < -0.4 is 5.73 Å². The normalized spacial score (nSPS) is 8.11. The molecule has 0 aromatic rings. The summed E-state index contributed by atoms with van der Waals surface area (Å²) in [6, 6.07) is 0. The standard InChI is InChI=1S/C6H13NO.Li.H/c1-2-3-4-5-6(7)8;;/h2-5H2,1H3,(H2,7,8);;. The first-order chi connectivity index (χ1) is 3.77. The molecule has 0 aromatic heterocycles. The van der Waals surface area contributed by atoms with Gasteiger partial charge in [-0.15, -0.1) is 0 Å². The maximum absolute atomic E-state index is 10.1. The Morgan fingerprint density at radius 3 is 2.33 bits per heavy atom. The molecule has 2 nitrogen and oxygen atoms in total. The second kappa shape index (κ2) is 8.07. The minimum atomic E-state index is -0.182. The van der Waals surface area contributed by atoms with Gasteiger partial charge in [-0.1, -0.05) is 19.8 Å². The van der Waals surface area contributed by atoms with Gasteiger partial charge in [-0.05, 0) is 6.42 Å². The van der Waals surface area contributed by atoms with E-state index in [2.05, 4.69) is 6.92 Å². The summed E-state index contributed by atoms with van der Waals surface area (Å²) in [6.07, 6.45) is 3.76. The van der Waals surface area contributed by atoms with Gasteiger partial charge in [0, 0.05) is 6.42 Å². The predicted octanol–water partition coefficient (Wildman–Crippen LogP) is 0.404. The molecule has 0 heterocycles. The molecule has 0 fully saturated rings. The summed E-state index contributed by atoms with van der Waals surface area (Å²) in [5, 5.41) is 0. The van der Waals surface area contributed by atoms with E-state index in [1.807, 2.05) is 0 Å². The van der Waals surface area contributed by atoms with Gasteiger partial charge in [-0.25, -0.2) is 0 Å². The quantitative estimate of drug-likeness (QED) is 0.427. The summed E-state index contributed by atoms with van der Waals surface area (Å²) >= 11 is 0. The second-order valence-electron chi connectivity index (χ2n) is 1.92. The Morgan fingerprint density at radius 1 is 1.44 bits per heavy atom. The summed E-state index contributed by atoms with van der Waals surface area (Å²) in [5.41, 5.74) is 4.89. The third-order valence-corrected chi connectivity index (χ3v) is 1.03. The van der Waals surface area contributed by atoms with Crippen molar-refractivity contribution in [1.82, 2.24) is 0 Å². The van der Waals surface area contributed by atoms with Crippen molar-refractivity contribution in [3.63, 3.8) is 0 Å². The molecule has 0 aromatic carbocycles. The van der Waals surface area contributed by atoms with Crippen LogP contribution in [0, 0.1) is 0 Å². The van der Waals surface area contributed by atoms with Gasteiger partial charge < -0.3 is 5.73 Å². The molecule has 0 saturated heterocycles. The van der Waals surface area contributed by atoms with Crippen molar-refractivity contribution in [2.45, 2.75) is 32.6 Å². The Bertz CT molecular complexity index is 75.5. The van der Waals surface area contributed by atoms with Crippen LogP contribution in [0.25, 0.3) is 0 Å². The minimum absolute atomic E-state index is 0. The van der Waals surface area contributed by atoms with Crippen LogP contribution in [0.5, 0.6) is 0 Å². The molecule has 0 aliphatic rings. The van der Waals surface area contributed by atoms with Crippen LogP contribution in [0.3, 0.4) is 0 Å². The fourth-order valence-electron chi connectivity index (χ4n) is 0.549. The number of nitrogens with two attached hydrogens (primary N) is 1. The van der Waals surface area contributed by atoms with Crippen molar-refractivity contribution in [2.75, 3.05) is 0 Å². The zero-order chi connectivity index (χ0) is 6.41. The van der Waals surface area contributed by atoms with Gasteiger partial charge in [0.15, 0.2) is 0 Å². The SMILES string of the molecule is CCCCCC(N)=O.[LiH]. The van der Waals surface area contributed by atoms with Crippen molar-refractivity contribution in [3.8, 4) is 0 Å². The van der Waals surface area contributed by atoms with E-state index in [4.69, 9.17) is 5.73 Å². The number of amides is 1. The molecule has 0 atom stereocenters. The number of carbonyl (C=O) groups excluding carboxylic acids is 1. The summed E-state index contributed by atoms with van der Waals surface area (Å²) in [6.45, 7) is 2.10. The van der Waals surface area contributed by atoms with Gasteiger partial charge in [0.2, 0.25) is 5.91 Å². The summed E-state index contributed by atoms with van der Waals surface area (Å²) < 4.78 is 0. The molecular formula is C6H14LiNO. The van der Waals surface area contributed by atoms with Crippen LogP contribution in [0.15, 0.2) is 0 Å². The fraction of sp³-hybridized carbons (Fsp3) is 0.833. The third-order valence-electron chi connectivity index (χ3n) is 1.03. The van der Waals surface area contributed by atoms with Crippen LogP contribution in [0.4, 0.5) is 0 Å².